The van der Waals surface area contributed by atoms with Crippen molar-refractivity contribution in [3.8, 4) is 0 Å². The third-order valence-corrected chi connectivity index (χ3v) is 5.41. The van der Waals surface area contributed by atoms with E-state index in [-0.39, 0.29) is 12.0 Å². The Hall–Kier alpha value is -3.86. The lowest BCUT2D eigenvalue weighted by Gasteiger charge is -2.20. The van der Waals surface area contributed by atoms with E-state index in [1.807, 2.05) is 0 Å². The standard InChI is InChI=1S/C26H27F3N2O6/c1-25(2,3)37-24(35)31-14-16(18-7-5-6-8-20(18)31)13-19(23(34)36-4)30-22(33)21(32)15-9-11-17(12-10-15)26(27,28)29/h5-12,14,19,21,32H,13H2,1-4H3,(H,30,33)/t19-,21+/m1/s1. The summed E-state index contributed by atoms with van der Waals surface area (Å²) in [5, 5.41) is 13.4. The molecule has 198 valence electrons. The summed E-state index contributed by atoms with van der Waals surface area (Å²) < 4.78 is 50.0. The van der Waals surface area contributed by atoms with Gasteiger partial charge in [0.1, 0.15) is 11.6 Å². The molecule has 1 amide bonds. The number of halogens is 3. The van der Waals surface area contributed by atoms with E-state index in [0.29, 0.717) is 16.5 Å². The van der Waals surface area contributed by atoms with Gasteiger partial charge in [-0.2, -0.15) is 13.2 Å². The molecule has 0 spiro atoms. The molecule has 0 aliphatic carbocycles. The number of hydrogen-bond acceptors (Lipinski definition) is 6. The molecule has 2 aromatic carbocycles. The highest BCUT2D eigenvalue weighted by Crippen LogP contribution is 2.30. The average Bonchev–Trinajstić information content (AvgIpc) is 3.19. The first-order valence-electron chi connectivity index (χ1n) is 11.3. The molecule has 0 aliphatic rings. The Bertz CT molecular complexity index is 1290. The van der Waals surface area contributed by atoms with Crippen molar-refractivity contribution >= 4 is 28.9 Å². The summed E-state index contributed by atoms with van der Waals surface area (Å²) in [5.74, 6) is -1.83. The largest absolute Gasteiger partial charge is 0.467 e. The average molecular weight is 521 g/mol. The van der Waals surface area contributed by atoms with Crippen LogP contribution in [0.2, 0.25) is 0 Å². The van der Waals surface area contributed by atoms with Gasteiger partial charge in [0.15, 0.2) is 6.10 Å². The Labute approximate surface area is 211 Å². The van der Waals surface area contributed by atoms with E-state index >= 15 is 0 Å². The highest BCUT2D eigenvalue weighted by Gasteiger charge is 2.32. The molecule has 0 radical (unpaired) electrons. The molecule has 0 saturated heterocycles. The molecule has 3 rings (SSSR count). The summed E-state index contributed by atoms with van der Waals surface area (Å²) in [7, 11) is 1.12. The molecule has 0 unspecified atom stereocenters. The molecule has 3 aromatic rings. The summed E-state index contributed by atoms with van der Waals surface area (Å²) in [6, 6.07) is 9.09. The van der Waals surface area contributed by atoms with Crippen LogP contribution in [0.5, 0.6) is 0 Å². The van der Waals surface area contributed by atoms with Crippen LogP contribution in [0.15, 0.2) is 54.7 Å². The minimum atomic E-state index is -4.57. The third kappa shape index (κ3) is 6.67. The second-order valence-corrected chi connectivity index (χ2v) is 9.33. The van der Waals surface area contributed by atoms with Crippen molar-refractivity contribution in [3.63, 3.8) is 0 Å². The Morgan fingerprint density at radius 1 is 1.03 bits per heavy atom. The summed E-state index contributed by atoms with van der Waals surface area (Å²) >= 11 is 0. The molecule has 1 heterocycles. The van der Waals surface area contributed by atoms with Gasteiger partial charge in [0.2, 0.25) is 0 Å². The second-order valence-electron chi connectivity index (χ2n) is 9.33. The molecule has 1 aromatic heterocycles. The summed E-state index contributed by atoms with van der Waals surface area (Å²) in [6.45, 7) is 5.17. The molecule has 2 atom stereocenters. The Morgan fingerprint density at radius 3 is 2.22 bits per heavy atom. The smallest absolute Gasteiger partial charge is 0.419 e. The Kier molecular flexibility index (Phi) is 7.97. The zero-order valence-corrected chi connectivity index (χ0v) is 20.6. The minimum Gasteiger partial charge on any atom is -0.467 e. The van der Waals surface area contributed by atoms with Crippen molar-refractivity contribution in [1.29, 1.82) is 0 Å². The number of benzene rings is 2. The number of rotatable bonds is 6. The molecule has 0 aliphatic heterocycles. The van der Waals surface area contributed by atoms with Crippen molar-refractivity contribution in [2.24, 2.45) is 0 Å². The first-order valence-corrected chi connectivity index (χ1v) is 11.3. The minimum absolute atomic E-state index is 0.0874. The van der Waals surface area contributed by atoms with Gasteiger partial charge in [0, 0.05) is 18.0 Å². The molecular formula is C26H27F3N2O6. The number of aliphatic hydroxyl groups excluding tert-OH is 1. The highest BCUT2D eigenvalue weighted by molar-refractivity contribution is 5.93. The summed E-state index contributed by atoms with van der Waals surface area (Å²) in [4.78, 5) is 37.9. The number of aromatic nitrogens is 1. The predicted molar refractivity (Wildman–Crippen MR) is 128 cm³/mol. The number of aliphatic hydroxyl groups is 1. The lowest BCUT2D eigenvalue weighted by Crippen LogP contribution is -2.45. The molecule has 0 saturated carbocycles. The number of fused-ring (bicyclic) bond motifs is 1. The normalized spacial score (nSPS) is 13.6. The Balaban J connectivity index is 1.86. The molecule has 2 N–H and O–H groups in total. The number of para-hydroxylation sites is 1. The number of alkyl halides is 3. The van der Waals surface area contributed by atoms with E-state index < -0.39 is 47.5 Å². The number of methoxy groups -OCH3 is 1. The van der Waals surface area contributed by atoms with Gasteiger partial charge in [-0.1, -0.05) is 30.3 Å². The van der Waals surface area contributed by atoms with Crippen molar-refractivity contribution in [3.05, 3.63) is 71.4 Å². The van der Waals surface area contributed by atoms with Crippen LogP contribution in [0.4, 0.5) is 18.0 Å². The monoisotopic (exact) mass is 520 g/mol. The van der Waals surface area contributed by atoms with E-state index in [0.717, 1.165) is 31.4 Å². The van der Waals surface area contributed by atoms with Gasteiger partial charge in [-0.05, 0) is 50.1 Å². The number of esters is 1. The SMILES string of the molecule is COC(=O)[C@@H](Cc1cn(C(=O)OC(C)(C)C)c2ccccc12)NC(=O)[C@@H](O)c1ccc(C(F)(F)F)cc1. The highest BCUT2D eigenvalue weighted by atomic mass is 19.4. The predicted octanol–water partition coefficient (Wildman–Crippen LogP) is 4.38. The van der Waals surface area contributed by atoms with Gasteiger partial charge in [-0.25, -0.2) is 9.59 Å². The molecular weight excluding hydrogens is 493 g/mol. The van der Waals surface area contributed by atoms with Gasteiger partial charge in [-0.3, -0.25) is 9.36 Å². The number of hydrogen-bond donors (Lipinski definition) is 2. The quantitative estimate of drug-likeness (QED) is 0.468. The van der Waals surface area contributed by atoms with Crippen LogP contribution in [0.3, 0.4) is 0 Å². The zero-order chi connectivity index (χ0) is 27.5. The molecule has 0 bridgehead atoms. The third-order valence-electron chi connectivity index (χ3n) is 5.41. The maximum Gasteiger partial charge on any atom is 0.419 e. The van der Waals surface area contributed by atoms with Gasteiger partial charge in [-0.15, -0.1) is 0 Å². The van der Waals surface area contributed by atoms with E-state index in [1.54, 1.807) is 45.0 Å². The van der Waals surface area contributed by atoms with Crippen molar-refractivity contribution in [2.45, 2.75) is 51.1 Å². The molecule has 11 heteroatoms. The van der Waals surface area contributed by atoms with Gasteiger partial charge in [0.25, 0.3) is 5.91 Å². The number of ether oxygens (including phenoxy) is 2. The van der Waals surface area contributed by atoms with Crippen LogP contribution in [0.1, 0.15) is 43.6 Å². The summed E-state index contributed by atoms with van der Waals surface area (Å²) in [6.07, 6.45) is -5.65. The molecule has 8 nitrogen and oxygen atoms in total. The van der Waals surface area contributed by atoms with Crippen molar-refractivity contribution in [1.82, 2.24) is 9.88 Å². The Morgan fingerprint density at radius 2 is 1.65 bits per heavy atom. The van der Waals surface area contributed by atoms with Crippen LogP contribution in [0.25, 0.3) is 10.9 Å². The van der Waals surface area contributed by atoms with Crippen molar-refractivity contribution < 1.29 is 42.1 Å². The number of nitrogens with zero attached hydrogens (tertiary/aromatic N) is 1. The van der Waals surface area contributed by atoms with Crippen LogP contribution in [-0.4, -0.2) is 46.4 Å². The van der Waals surface area contributed by atoms with E-state index in [2.05, 4.69) is 5.32 Å². The number of nitrogens with one attached hydrogen (secondary N) is 1. The molecule has 0 fully saturated rings. The number of carbonyl (C=O) groups excluding carboxylic acids is 3. The van der Waals surface area contributed by atoms with E-state index in [1.165, 1.54) is 10.8 Å². The molecule has 37 heavy (non-hydrogen) atoms. The van der Waals surface area contributed by atoms with Crippen LogP contribution in [-0.2, 0) is 31.7 Å². The number of carbonyl (C=O) groups is 3. The second kappa shape index (κ2) is 10.6. The van der Waals surface area contributed by atoms with Crippen LogP contribution < -0.4 is 5.32 Å². The zero-order valence-electron chi connectivity index (χ0n) is 20.6. The maximum absolute atomic E-state index is 12.8. The van der Waals surface area contributed by atoms with E-state index in [4.69, 9.17) is 9.47 Å². The van der Waals surface area contributed by atoms with E-state index in [9.17, 15) is 32.7 Å². The van der Waals surface area contributed by atoms with Gasteiger partial charge < -0.3 is 19.9 Å². The fourth-order valence-electron chi connectivity index (χ4n) is 3.69. The van der Waals surface area contributed by atoms with Gasteiger partial charge in [0.05, 0.1) is 18.2 Å². The van der Waals surface area contributed by atoms with Crippen LogP contribution in [0, 0.1) is 0 Å². The first kappa shape index (κ1) is 27.7. The number of amides is 1. The first-order chi connectivity index (χ1) is 17.2. The fourth-order valence-corrected chi connectivity index (χ4v) is 3.69. The lowest BCUT2D eigenvalue weighted by molar-refractivity contribution is -0.146. The summed E-state index contributed by atoms with van der Waals surface area (Å²) in [5.41, 5.74) is -0.736. The van der Waals surface area contributed by atoms with Crippen molar-refractivity contribution in [2.75, 3.05) is 7.11 Å². The van der Waals surface area contributed by atoms with Gasteiger partial charge >= 0.3 is 18.2 Å². The maximum atomic E-state index is 12.8. The van der Waals surface area contributed by atoms with Crippen LogP contribution >= 0.6 is 0 Å². The topological polar surface area (TPSA) is 107 Å². The lowest BCUT2D eigenvalue weighted by atomic mass is 10.0. The fraction of sp³-hybridized carbons (Fsp3) is 0.346.